The lowest BCUT2D eigenvalue weighted by Gasteiger charge is -2.11. The van der Waals surface area contributed by atoms with E-state index in [4.69, 9.17) is 11.6 Å². The third-order valence-corrected chi connectivity index (χ3v) is 1.81. The van der Waals surface area contributed by atoms with Crippen LogP contribution < -0.4 is 4.74 Å². The molecule has 0 aliphatic rings. The maximum atomic E-state index is 11.9. The summed E-state index contributed by atoms with van der Waals surface area (Å²) >= 11 is 5.08. The number of carbonyl (C=O) groups is 2. The van der Waals surface area contributed by atoms with Crippen molar-refractivity contribution in [2.45, 2.75) is 6.36 Å². The van der Waals surface area contributed by atoms with Gasteiger partial charge < -0.3 is 4.74 Å². The minimum Gasteiger partial charge on any atom is -0.405 e. The van der Waals surface area contributed by atoms with Crippen LogP contribution in [0.25, 0.3) is 0 Å². The normalized spacial score (nSPS) is 11.0. The quantitative estimate of drug-likeness (QED) is 0.614. The van der Waals surface area contributed by atoms with Gasteiger partial charge in [-0.05, 0) is 29.8 Å². The number of benzene rings is 1. The van der Waals surface area contributed by atoms with Crippen molar-refractivity contribution in [3.8, 4) is 5.75 Å². The van der Waals surface area contributed by atoms with E-state index in [1.54, 1.807) is 0 Å². The average Bonchev–Trinajstić information content (AvgIpc) is 2.15. The number of ether oxygens (including phenoxy) is 1. The lowest BCUT2D eigenvalue weighted by atomic mass is 10.1. The van der Waals surface area contributed by atoms with Crippen molar-refractivity contribution in [3.05, 3.63) is 29.3 Å². The van der Waals surface area contributed by atoms with Gasteiger partial charge in [-0.1, -0.05) is 0 Å². The SMILES string of the molecule is O=Cc1ccc(C(=O)Cl)cc1OC(F)(F)F. The van der Waals surface area contributed by atoms with Crippen molar-refractivity contribution in [3.63, 3.8) is 0 Å². The highest BCUT2D eigenvalue weighted by Gasteiger charge is 2.32. The highest BCUT2D eigenvalue weighted by Crippen LogP contribution is 2.27. The van der Waals surface area contributed by atoms with Gasteiger partial charge in [0.2, 0.25) is 0 Å². The second kappa shape index (κ2) is 4.52. The van der Waals surface area contributed by atoms with Crippen LogP contribution in [0.2, 0.25) is 0 Å². The smallest absolute Gasteiger partial charge is 0.405 e. The highest BCUT2D eigenvalue weighted by molar-refractivity contribution is 6.67. The molecule has 0 saturated carbocycles. The summed E-state index contributed by atoms with van der Waals surface area (Å²) in [5, 5.41) is -0.940. The summed E-state index contributed by atoms with van der Waals surface area (Å²) in [6.45, 7) is 0. The molecule has 0 unspecified atom stereocenters. The summed E-state index contributed by atoms with van der Waals surface area (Å²) in [6.07, 6.45) is -4.75. The van der Waals surface area contributed by atoms with Crippen molar-refractivity contribution in [1.82, 2.24) is 0 Å². The Hall–Kier alpha value is -1.56. The van der Waals surface area contributed by atoms with Crippen LogP contribution in [0.4, 0.5) is 13.2 Å². The number of aldehydes is 1. The van der Waals surface area contributed by atoms with Crippen LogP contribution in [0, 0.1) is 0 Å². The molecular weight excluding hydrogens is 249 g/mol. The summed E-state index contributed by atoms with van der Waals surface area (Å²) in [5.74, 6) is -0.756. The lowest BCUT2D eigenvalue weighted by molar-refractivity contribution is -0.274. The maximum absolute atomic E-state index is 11.9. The van der Waals surface area contributed by atoms with Gasteiger partial charge in [-0.15, -0.1) is 13.2 Å². The third-order valence-electron chi connectivity index (χ3n) is 1.59. The molecule has 7 heteroatoms. The largest absolute Gasteiger partial charge is 0.573 e. The van der Waals surface area contributed by atoms with E-state index in [1.807, 2.05) is 0 Å². The Morgan fingerprint density at radius 1 is 1.38 bits per heavy atom. The van der Waals surface area contributed by atoms with Crippen molar-refractivity contribution in [2.75, 3.05) is 0 Å². The molecule has 1 aromatic rings. The molecule has 0 spiro atoms. The first kappa shape index (κ1) is 12.5. The molecule has 0 radical (unpaired) electrons. The molecular formula is C9H4ClF3O3. The molecule has 16 heavy (non-hydrogen) atoms. The summed E-state index contributed by atoms with van der Waals surface area (Å²) in [4.78, 5) is 21.1. The van der Waals surface area contributed by atoms with Gasteiger partial charge in [-0.25, -0.2) is 0 Å². The Kier molecular flexibility index (Phi) is 3.54. The standard InChI is InChI=1S/C9H4ClF3O3/c10-8(15)5-1-2-6(4-14)7(3-5)16-9(11,12)13/h1-4H. The first-order valence-electron chi connectivity index (χ1n) is 3.88. The van der Waals surface area contributed by atoms with Crippen LogP contribution in [0.5, 0.6) is 5.75 Å². The van der Waals surface area contributed by atoms with Gasteiger partial charge in [-0.2, -0.15) is 0 Å². The zero-order valence-electron chi connectivity index (χ0n) is 7.55. The lowest BCUT2D eigenvalue weighted by Crippen LogP contribution is -2.18. The summed E-state index contributed by atoms with van der Waals surface area (Å²) in [6, 6.07) is 2.90. The van der Waals surface area contributed by atoms with Gasteiger partial charge in [-0.3, -0.25) is 9.59 Å². The van der Waals surface area contributed by atoms with E-state index in [0.717, 1.165) is 18.2 Å². The number of alkyl halides is 3. The van der Waals surface area contributed by atoms with E-state index < -0.39 is 17.4 Å². The van der Waals surface area contributed by atoms with Gasteiger partial charge in [0.25, 0.3) is 5.24 Å². The summed E-state index contributed by atoms with van der Waals surface area (Å²) in [5.41, 5.74) is -0.509. The fourth-order valence-electron chi connectivity index (χ4n) is 0.967. The van der Waals surface area contributed by atoms with Crippen LogP contribution >= 0.6 is 11.6 Å². The van der Waals surface area contributed by atoms with E-state index in [9.17, 15) is 22.8 Å². The Bertz CT molecular complexity index is 428. The molecule has 0 N–H and O–H groups in total. The topological polar surface area (TPSA) is 43.4 Å². The van der Waals surface area contributed by atoms with Gasteiger partial charge in [0.15, 0.2) is 6.29 Å². The molecule has 3 nitrogen and oxygen atoms in total. The molecule has 0 atom stereocenters. The number of rotatable bonds is 3. The number of halogens is 4. The van der Waals surface area contributed by atoms with E-state index in [-0.39, 0.29) is 17.4 Å². The number of carbonyl (C=O) groups excluding carboxylic acids is 2. The second-order valence-corrected chi connectivity index (χ2v) is 3.04. The van der Waals surface area contributed by atoms with Crippen molar-refractivity contribution in [2.24, 2.45) is 0 Å². The Labute approximate surface area is 92.8 Å². The monoisotopic (exact) mass is 252 g/mol. The molecule has 0 aromatic heterocycles. The van der Waals surface area contributed by atoms with Gasteiger partial charge in [0.1, 0.15) is 5.75 Å². The van der Waals surface area contributed by atoms with Gasteiger partial charge in [0, 0.05) is 5.56 Å². The Morgan fingerprint density at radius 2 is 2.00 bits per heavy atom. The fourth-order valence-corrected chi connectivity index (χ4v) is 1.08. The summed E-state index contributed by atoms with van der Waals surface area (Å²) in [7, 11) is 0. The first-order chi connectivity index (χ1) is 7.33. The first-order valence-corrected chi connectivity index (χ1v) is 4.26. The van der Waals surface area contributed by atoms with Crippen LogP contribution in [-0.4, -0.2) is 17.9 Å². The predicted molar refractivity (Wildman–Crippen MR) is 48.7 cm³/mol. The zero-order chi connectivity index (χ0) is 12.3. The number of hydrogen-bond acceptors (Lipinski definition) is 3. The minimum atomic E-state index is -4.94. The van der Waals surface area contributed by atoms with Crippen molar-refractivity contribution < 1.29 is 27.5 Å². The molecule has 0 fully saturated rings. The van der Waals surface area contributed by atoms with Crippen molar-refractivity contribution >= 4 is 23.1 Å². The van der Waals surface area contributed by atoms with E-state index in [1.165, 1.54) is 0 Å². The molecule has 86 valence electrons. The Morgan fingerprint density at radius 3 is 2.44 bits per heavy atom. The average molecular weight is 253 g/mol. The molecule has 0 saturated heterocycles. The molecule has 0 aliphatic heterocycles. The number of hydrogen-bond donors (Lipinski definition) is 0. The predicted octanol–water partition coefficient (Wildman–Crippen LogP) is 2.78. The molecule has 1 rings (SSSR count). The van der Waals surface area contributed by atoms with E-state index in [2.05, 4.69) is 4.74 Å². The van der Waals surface area contributed by atoms with E-state index in [0.29, 0.717) is 0 Å². The van der Waals surface area contributed by atoms with E-state index >= 15 is 0 Å². The fraction of sp³-hybridized carbons (Fsp3) is 0.111. The van der Waals surface area contributed by atoms with Gasteiger partial charge in [0.05, 0.1) is 5.56 Å². The van der Waals surface area contributed by atoms with Crippen LogP contribution in [0.1, 0.15) is 20.7 Å². The van der Waals surface area contributed by atoms with Crippen LogP contribution in [0.3, 0.4) is 0 Å². The Balaban J connectivity index is 3.17. The molecule has 0 bridgehead atoms. The van der Waals surface area contributed by atoms with Crippen molar-refractivity contribution in [1.29, 1.82) is 0 Å². The van der Waals surface area contributed by atoms with Crippen LogP contribution in [-0.2, 0) is 0 Å². The minimum absolute atomic E-state index is 0.184. The molecule has 0 heterocycles. The second-order valence-electron chi connectivity index (χ2n) is 2.69. The molecule has 0 aliphatic carbocycles. The van der Waals surface area contributed by atoms with Crippen LogP contribution in [0.15, 0.2) is 18.2 Å². The zero-order valence-corrected chi connectivity index (χ0v) is 8.30. The molecule has 1 aromatic carbocycles. The summed E-state index contributed by atoms with van der Waals surface area (Å²) < 4.78 is 39.4. The highest BCUT2D eigenvalue weighted by atomic mass is 35.5. The van der Waals surface area contributed by atoms with Gasteiger partial charge >= 0.3 is 6.36 Å². The third kappa shape index (κ3) is 3.23. The maximum Gasteiger partial charge on any atom is 0.573 e. The molecule has 0 amide bonds.